The lowest BCUT2D eigenvalue weighted by molar-refractivity contribution is -0.165. The molecule has 1 rings (SSSR count). The SMILES string of the molecule is COC(C)(C)C(=O)O/N=C(\C)c1ccc(SC)cc1. The Morgan fingerprint density at radius 1 is 1.26 bits per heavy atom. The second-order valence-corrected chi connectivity index (χ2v) is 5.38. The molecule has 0 atom stereocenters. The van der Waals surface area contributed by atoms with Crippen LogP contribution in [0.25, 0.3) is 0 Å². The van der Waals surface area contributed by atoms with E-state index in [4.69, 9.17) is 9.57 Å². The van der Waals surface area contributed by atoms with Gasteiger partial charge in [-0.1, -0.05) is 17.3 Å². The summed E-state index contributed by atoms with van der Waals surface area (Å²) in [6, 6.07) is 7.89. The van der Waals surface area contributed by atoms with Gasteiger partial charge in [-0.15, -0.1) is 11.8 Å². The first-order chi connectivity index (χ1) is 8.90. The van der Waals surface area contributed by atoms with E-state index >= 15 is 0 Å². The van der Waals surface area contributed by atoms with E-state index in [1.165, 1.54) is 12.0 Å². The van der Waals surface area contributed by atoms with Gasteiger partial charge in [0.1, 0.15) is 0 Å². The molecule has 0 aliphatic carbocycles. The van der Waals surface area contributed by atoms with Crippen LogP contribution < -0.4 is 0 Å². The number of hydrogen-bond donors (Lipinski definition) is 0. The molecule has 4 nitrogen and oxygen atoms in total. The van der Waals surface area contributed by atoms with Gasteiger partial charge in [0.25, 0.3) is 0 Å². The highest BCUT2D eigenvalue weighted by atomic mass is 32.2. The van der Waals surface area contributed by atoms with Gasteiger partial charge in [0.15, 0.2) is 5.60 Å². The first-order valence-corrected chi connectivity index (χ1v) is 7.09. The van der Waals surface area contributed by atoms with Crippen molar-refractivity contribution in [2.45, 2.75) is 31.3 Å². The van der Waals surface area contributed by atoms with Gasteiger partial charge < -0.3 is 9.57 Å². The van der Waals surface area contributed by atoms with E-state index < -0.39 is 11.6 Å². The van der Waals surface area contributed by atoms with Crippen LogP contribution in [0.4, 0.5) is 0 Å². The van der Waals surface area contributed by atoms with Gasteiger partial charge in [-0.3, -0.25) is 0 Å². The number of rotatable bonds is 5. The monoisotopic (exact) mass is 281 g/mol. The van der Waals surface area contributed by atoms with Crippen LogP contribution in [-0.2, 0) is 14.4 Å². The third-order valence-electron chi connectivity index (χ3n) is 2.78. The standard InChI is InChI=1S/C14H19NO3S/c1-10(11-6-8-12(19-5)9-7-11)15-18-13(16)14(2,3)17-4/h6-9H,1-5H3/b15-10+. The normalized spacial score (nSPS) is 12.4. The van der Waals surface area contributed by atoms with Crippen molar-refractivity contribution in [3.05, 3.63) is 29.8 Å². The summed E-state index contributed by atoms with van der Waals surface area (Å²) >= 11 is 1.67. The number of oxime groups is 1. The molecular formula is C14H19NO3S. The third kappa shape index (κ3) is 4.36. The van der Waals surface area contributed by atoms with Crippen molar-refractivity contribution in [3.8, 4) is 0 Å². The molecule has 0 amide bonds. The maximum atomic E-state index is 11.7. The molecule has 0 aliphatic heterocycles. The average Bonchev–Trinajstić information content (AvgIpc) is 2.44. The number of hydrogen-bond acceptors (Lipinski definition) is 5. The Labute approximate surface area is 118 Å². The van der Waals surface area contributed by atoms with E-state index in [0.717, 1.165) is 5.56 Å². The third-order valence-corrected chi connectivity index (χ3v) is 3.52. The van der Waals surface area contributed by atoms with Crippen LogP contribution in [0.1, 0.15) is 26.3 Å². The number of carbonyl (C=O) groups is 1. The molecule has 0 fully saturated rings. The molecular weight excluding hydrogens is 262 g/mol. The molecule has 0 spiro atoms. The summed E-state index contributed by atoms with van der Waals surface area (Å²) in [5.74, 6) is -0.518. The maximum absolute atomic E-state index is 11.7. The molecule has 5 heteroatoms. The first kappa shape index (κ1) is 15.7. The zero-order valence-electron chi connectivity index (χ0n) is 11.9. The molecule has 1 aromatic rings. The Kier molecular flexibility index (Phi) is 5.57. The largest absolute Gasteiger partial charge is 0.367 e. The number of methoxy groups -OCH3 is 1. The Morgan fingerprint density at radius 3 is 2.32 bits per heavy atom. The van der Waals surface area contributed by atoms with Gasteiger partial charge in [0.2, 0.25) is 0 Å². The van der Waals surface area contributed by atoms with Gasteiger partial charge in [-0.05, 0) is 44.7 Å². The van der Waals surface area contributed by atoms with E-state index in [9.17, 15) is 4.79 Å². The highest BCUT2D eigenvalue weighted by Gasteiger charge is 2.29. The number of nitrogens with zero attached hydrogens (tertiary/aromatic N) is 1. The molecule has 0 N–H and O–H groups in total. The van der Waals surface area contributed by atoms with Crippen LogP contribution in [0.3, 0.4) is 0 Å². The van der Waals surface area contributed by atoms with Crippen molar-refractivity contribution >= 4 is 23.4 Å². The van der Waals surface area contributed by atoms with Crippen LogP contribution in [0, 0.1) is 0 Å². The summed E-state index contributed by atoms with van der Waals surface area (Å²) in [6.45, 7) is 5.06. The maximum Gasteiger partial charge on any atom is 0.365 e. The van der Waals surface area contributed by atoms with Crippen LogP contribution in [0.5, 0.6) is 0 Å². The second-order valence-electron chi connectivity index (χ2n) is 4.50. The van der Waals surface area contributed by atoms with E-state index in [1.54, 1.807) is 32.5 Å². The fourth-order valence-corrected chi connectivity index (χ4v) is 1.60. The van der Waals surface area contributed by atoms with Crippen LogP contribution in [0.2, 0.25) is 0 Å². The van der Waals surface area contributed by atoms with Crippen molar-refractivity contribution in [1.82, 2.24) is 0 Å². The summed E-state index contributed by atoms with van der Waals surface area (Å²) in [6.07, 6.45) is 2.02. The number of benzene rings is 1. The highest BCUT2D eigenvalue weighted by molar-refractivity contribution is 7.98. The molecule has 19 heavy (non-hydrogen) atoms. The Morgan fingerprint density at radius 2 is 1.84 bits per heavy atom. The van der Waals surface area contributed by atoms with E-state index in [-0.39, 0.29) is 0 Å². The fraction of sp³-hybridized carbons (Fsp3) is 0.429. The molecule has 0 saturated heterocycles. The Balaban J connectivity index is 2.74. The van der Waals surface area contributed by atoms with Crippen molar-refractivity contribution in [3.63, 3.8) is 0 Å². The van der Waals surface area contributed by atoms with E-state index in [0.29, 0.717) is 5.71 Å². The second kappa shape index (κ2) is 6.73. The molecule has 0 heterocycles. The zero-order chi connectivity index (χ0) is 14.5. The topological polar surface area (TPSA) is 47.9 Å². The van der Waals surface area contributed by atoms with Gasteiger partial charge in [0, 0.05) is 12.0 Å². The van der Waals surface area contributed by atoms with Crippen LogP contribution >= 0.6 is 11.8 Å². The van der Waals surface area contributed by atoms with Crippen molar-refractivity contribution < 1.29 is 14.4 Å². The summed E-state index contributed by atoms with van der Waals surface area (Å²) in [5.41, 5.74) is 0.570. The Bertz CT molecular complexity index is 466. The molecule has 0 aromatic heterocycles. The molecule has 0 radical (unpaired) electrons. The highest BCUT2D eigenvalue weighted by Crippen LogP contribution is 2.16. The number of ether oxygens (including phenoxy) is 1. The van der Waals surface area contributed by atoms with Gasteiger partial charge in [-0.2, -0.15) is 0 Å². The lowest BCUT2D eigenvalue weighted by Crippen LogP contribution is -2.34. The summed E-state index contributed by atoms with van der Waals surface area (Å²) in [5, 5.41) is 3.84. The minimum Gasteiger partial charge on any atom is -0.367 e. The first-order valence-electron chi connectivity index (χ1n) is 5.86. The number of carbonyl (C=O) groups excluding carboxylic acids is 1. The zero-order valence-corrected chi connectivity index (χ0v) is 12.7. The summed E-state index contributed by atoms with van der Waals surface area (Å²) < 4.78 is 5.02. The molecule has 0 saturated carbocycles. The van der Waals surface area contributed by atoms with Gasteiger partial charge in [-0.25, -0.2) is 4.79 Å². The summed E-state index contributed by atoms with van der Waals surface area (Å²) in [4.78, 5) is 17.7. The van der Waals surface area contributed by atoms with E-state index in [2.05, 4.69) is 5.16 Å². The number of thioether (sulfide) groups is 1. The Hall–Kier alpha value is -1.33. The fourth-order valence-electron chi connectivity index (χ4n) is 1.19. The summed E-state index contributed by atoms with van der Waals surface area (Å²) in [7, 11) is 1.46. The van der Waals surface area contributed by atoms with Crippen molar-refractivity contribution in [1.29, 1.82) is 0 Å². The molecule has 104 valence electrons. The predicted molar refractivity (Wildman–Crippen MR) is 77.6 cm³/mol. The van der Waals surface area contributed by atoms with Gasteiger partial charge in [0.05, 0.1) is 5.71 Å². The minimum absolute atomic E-state index is 0.518. The van der Waals surface area contributed by atoms with Gasteiger partial charge >= 0.3 is 5.97 Å². The van der Waals surface area contributed by atoms with Crippen molar-refractivity contribution in [2.24, 2.45) is 5.16 Å². The van der Waals surface area contributed by atoms with Crippen LogP contribution in [-0.4, -0.2) is 30.6 Å². The average molecular weight is 281 g/mol. The van der Waals surface area contributed by atoms with Crippen molar-refractivity contribution in [2.75, 3.05) is 13.4 Å². The van der Waals surface area contributed by atoms with Crippen LogP contribution in [0.15, 0.2) is 34.3 Å². The lowest BCUT2D eigenvalue weighted by Gasteiger charge is -2.18. The predicted octanol–water partition coefficient (Wildman–Crippen LogP) is 3.10. The molecule has 0 aliphatic rings. The van der Waals surface area contributed by atoms with E-state index in [1.807, 2.05) is 30.5 Å². The smallest absolute Gasteiger partial charge is 0.365 e. The molecule has 0 unspecified atom stereocenters. The minimum atomic E-state index is -0.994. The lowest BCUT2D eigenvalue weighted by atomic mass is 10.1. The molecule has 0 bridgehead atoms. The molecule has 1 aromatic carbocycles. The quantitative estimate of drug-likeness (QED) is 0.360.